The summed E-state index contributed by atoms with van der Waals surface area (Å²) >= 11 is 0. The quantitative estimate of drug-likeness (QED) is 0.900. The maximum absolute atomic E-state index is 10.7. The third kappa shape index (κ3) is 2.54. The van der Waals surface area contributed by atoms with Gasteiger partial charge in [0.05, 0.1) is 11.5 Å². The van der Waals surface area contributed by atoms with E-state index in [1.807, 2.05) is 7.05 Å². The van der Waals surface area contributed by atoms with Crippen LogP contribution in [0.5, 0.6) is 0 Å². The van der Waals surface area contributed by atoms with E-state index in [0.29, 0.717) is 17.9 Å². The zero-order valence-corrected chi connectivity index (χ0v) is 14.9. The van der Waals surface area contributed by atoms with Gasteiger partial charge in [-0.3, -0.25) is 4.90 Å². The van der Waals surface area contributed by atoms with E-state index in [1.54, 1.807) is 6.33 Å². The summed E-state index contributed by atoms with van der Waals surface area (Å²) in [6.45, 7) is 4.40. The molecule has 2 saturated heterocycles. The highest BCUT2D eigenvalue weighted by Crippen LogP contribution is 2.41. The molecule has 4 atom stereocenters. The fourth-order valence-electron chi connectivity index (χ4n) is 5.36. The van der Waals surface area contributed by atoms with Crippen molar-refractivity contribution in [3.63, 3.8) is 0 Å². The first kappa shape index (κ1) is 15.6. The molecule has 1 N–H and O–H groups in total. The van der Waals surface area contributed by atoms with Gasteiger partial charge in [-0.2, -0.15) is 0 Å². The third-order valence-corrected chi connectivity index (χ3v) is 6.66. The number of hydrogen-bond acceptors (Lipinski definition) is 5. The highest BCUT2D eigenvalue weighted by atomic mass is 16.3. The summed E-state index contributed by atoms with van der Waals surface area (Å²) in [4.78, 5) is 14.0. The average Bonchev–Trinajstić information content (AvgIpc) is 3.33. The first-order chi connectivity index (χ1) is 12.2. The molecule has 134 valence electrons. The number of fused-ring (bicyclic) bond motifs is 2. The molecule has 1 saturated carbocycles. The molecule has 5 rings (SSSR count). The van der Waals surface area contributed by atoms with Gasteiger partial charge in [-0.15, -0.1) is 0 Å². The fraction of sp³-hybridized carbons (Fsp3) is 0.684. The van der Waals surface area contributed by atoms with E-state index in [-0.39, 0.29) is 6.10 Å². The summed E-state index contributed by atoms with van der Waals surface area (Å²) in [6, 6.07) is 2.49. The van der Waals surface area contributed by atoms with Gasteiger partial charge < -0.3 is 14.6 Å². The Kier molecular flexibility index (Phi) is 3.71. The van der Waals surface area contributed by atoms with Crippen molar-refractivity contribution in [2.75, 3.05) is 31.1 Å². The normalized spacial score (nSPS) is 33.3. The van der Waals surface area contributed by atoms with Crippen LogP contribution < -0.4 is 4.90 Å². The minimum absolute atomic E-state index is 0.165. The lowest BCUT2D eigenvalue weighted by molar-refractivity contribution is -0.000854. The molecule has 3 aliphatic rings. The van der Waals surface area contributed by atoms with E-state index in [9.17, 15) is 5.11 Å². The number of rotatable bonds is 2. The number of aliphatic hydroxyl groups excluding tert-OH is 1. The van der Waals surface area contributed by atoms with Gasteiger partial charge in [-0.25, -0.2) is 9.97 Å². The van der Waals surface area contributed by atoms with Gasteiger partial charge in [0.15, 0.2) is 0 Å². The lowest BCUT2D eigenvalue weighted by Crippen LogP contribution is -2.48. The number of aryl methyl sites for hydroxylation is 1. The summed E-state index contributed by atoms with van der Waals surface area (Å²) in [5.41, 5.74) is 0.995. The van der Waals surface area contributed by atoms with Crippen LogP contribution in [0.15, 0.2) is 18.6 Å². The highest BCUT2D eigenvalue weighted by molar-refractivity contribution is 5.87. The number of hydrogen-bond donors (Lipinski definition) is 1. The van der Waals surface area contributed by atoms with Gasteiger partial charge in [0.1, 0.15) is 17.8 Å². The van der Waals surface area contributed by atoms with Crippen molar-refractivity contribution >= 4 is 16.9 Å². The molecule has 2 aliphatic heterocycles. The average molecular weight is 341 g/mol. The van der Waals surface area contributed by atoms with Gasteiger partial charge in [0, 0.05) is 32.4 Å². The van der Waals surface area contributed by atoms with Crippen LogP contribution in [0, 0.1) is 11.8 Å². The van der Waals surface area contributed by atoms with Crippen molar-refractivity contribution < 1.29 is 5.11 Å². The Morgan fingerprint density at radius 3 is 2.64 bits per heavy atom. The SMILES string of the molecule is Cn1ccc2c(N3C[C@H]4C[C@@H](N5CCCC5)[C@H](O)C[C@H]4C3)ncnc21. The van der Waals surface area contributed by atoms with Crippen LogP contribution in [0.1, 0.15) is 25.7 Å². The zero-order chi connectivity index (χ0) is 17.0. The lowest BCUT2D eigenvalue weighted by Gasteiger charge is -2.40. The number of anilines is 1. The predicted octanol–water partition coefficient (Wildman–Crippen LogP) is 1.64. The number of nitrogens with zero attached hydrogens (tertiary/aromatic N) is 5. The second kappa shape index (κ2) is 5.95. The Hall–Kier alpha value is -1.66. The molecular weight excluding hydrogens is 314 g/mol. The molecule has 6 heteroatoms. The van der Waals surface area contributed by atoms with Crippen molar-refractivity contribution in [3.05, 3.63) is 18.6 Å². The van der Waals surface area contributed by atoms with Gasteiger partial charge in [0.25, 0.3) is 0 Å². The predicted molar refractivity (Wildman–Crippen MR) is 97.5 cm³/mol. The fourth-order valence-corrected chi connectivity index (χ4v) is 5.36. The molecule has 0 spiro atoms. The van der Waals surface area contributed by atoms with E-state index in [2.05, 4.69) is 36.6 Å². The van der Waals surface area contributed by atoms with Crippen molar-refractivity contribution in [1.82, 2.24) is 19.4 Å². The summed E-state index contributed by atoms with van der Waals surface area (Å²) in [5, 5.41) is 11.9. The Balaban J connectivity index is 1.38. The second-order valence-corrected chi connectivity index (χ2v) is 8.14. The van der Waals surface area contributed by atoms with Crippen molar-refractivity contribution in [1.29, 1.82) is 0 Å². The molecule has 0 unspecified atom stereocenters. The topological polar surface area (TPSA) is 57.4 Å². The number of likely N-dealkylation sites (tertiary alicyclic amines) is 1. The minimum Gasteiger partial charge on any atom is -0.391 e. The molecule has 0 aromatic carbocycles. The third-order valence-electron chi connectivity index (χ3n) is 6.66. The summed E-state index contributed by atoms with van der Waals surface area (Å²) in [6.07, 6.45) is 8.21. The molecular formula is C19H27N5O. The molecule has 2 aromatic rings. The van der Waals surface area contributed by atoms with Crippen LogP contribution in [0.25, 0.3) is 11.0 Å². The molecule has 1 aliphatic carbocycles. The van der Waals surface area contributed by atoms with Crippen molar-refractivity contribution in [2.24, 2.45) is 18.9 Å². The molecule has 25 heavy (non-hydrogen) atoms. The lowest BCUT2D eigenvalue weighted by atomic mass is 9.77. The van der Waals surface area contributed by atoms with E-state index >= 15 is 0 Å². The first-order valence-corrected chi connectivity index (χ1v) is 9.64. The van der Waals surface area contributed by atoms with E-state index in [0.717, 1.165) is 42.8 Å². The van der Waals surface area contributed by atoms with Crippen molar-refractivity contribution in [3.8, 4) is 0 Å². The molecule has 0 bridgehead atoms. The van der Waals surface area contributed by atoms with Crippen LogP contribution in [-0.4, -0.2) is 62.9 Å². The van der Waals surface area contributed by atoms with Crippen LogP contribution in [0.4, 0.5) is 5.82 Å². The molecule has 0 amide bonds. The largest absolute Gasteiger partial charge is 0.391 e. The Labute approximate surface area is 148 Å². The van der Waals surface area contributed by atoms with Gasteiger partial charge >= 0.3 is 0 Å². The summed E-state index contributed by atoms with van der Waals surface area (Å²) in [7, 11) is 2.03. The Morgan fingerprint density at radius 1 is 1.08 bits per heavy atom. The Bertz CT molecular complexity index is 768. The summed E-state index contributed by atoms with van der Waals surface area (Å²) < 4.78 is 2.05. The highest BCUT2D eigenvalue weighted by Gasteiger charge is 2.44. The second-order valence-electron chi connectivity index (χ2n) is 8.14. The molecule has 2 aromatic heterocycles. The molecule has 3 fully saturated rings. The standard InChI is InChI=1S/C19H27N5O/c1-22-7-4-15-18(22)20-12-21-19(15)24-10-13-8-16(23-5-2-3-6-23)17(25)9-14(13)11-24/h4,7,12-14,16-17,25H,2-3,5-6,8-11H2,1H3/t13-,14+,16-,17-/m1/s1. The van der Waals surface area contributed by atoms with Crippen LogP contribution in [0.2, 0.25) is 0 Å². The Morgan fingerprint density at radius 2 is 1.84 bits per heavy atom. The minimum atomic E-state index is -0.165. The van der Waals surface area contributed by atoms with Gasteiger partial charge in [-0.05, 0) is 56.7 Å². The zero-order valence-electron chi connectivity index (χ0n) is 14.9. The van der Waals surface area contributed by atoms with Gasteiger partial charge in [0.2, 0.25) is 0 Å². The van der Waals surface area contributed by atoms with Crippen LogP contribution in [0.3, 0.4) is 0 Å². The summed E-state index contributed by atoms with van der Waals surface area (Å²) in [5.74, 6) is 2.32. The van der Waals surface area contributed by atoms with E-state index in [1.165, 1.54) is 25.9 Å². The number of aliphatic hydroxyl groups is 1. The smallest absolute Gasteiger partial charge is 0.145 e. The monoisotopic (exact) mass is 341 g/mol. The molecule has 0 radical (unpaired) electrons. The van der Waals surface area contributed by atoms with E-state index in [4.69, 9.17) is 0 Å². The number of aromatic nitrogens is 3. The van der Waals surface area contributed by atoms with Crippen molar-refractivity contribution in [2.45, 2.75) is 37.8 Å². The van der Waals surface area contributed by atoms with Crippen LogP contribution in [-0.2, 0) is 7.05 Å². The molecule has 6 nitrogen and oxygen atoms in total. The maximum atomic E-state index is 10.7. The molecule has 4 heterocycles. The van der Waals surface area contributed by atoms with Gasteiger partial charge in [-0.1, -0.05) is 0 Å². The maximum Gasteiger partial charge on any atom is 0.145 e. The first-order valence-electron chi connectivity index (χ1n) is 9.64. The van der Waals surface area contributed by atoms with Crippen LogP contribution >= 0.6 is 0 Å². The van der Waals surface area contributed by atoms with E-state index < -0.39 is 0 Å².